The van der Waals surface area contributed by atoms with Crippen molar-refractivity contribution in [2.45, 2.75) is 13.0 Å². The highest BCUT2D eigenvalue weighted by Gasteiger charge is 2.18. The number of halogens is 1. The van der Waals surface area contributed by atoms with Crippen molar-refractivity contribution in [3.8, 4) is 0 Å². The number of carboxylic acid groups (broad SMARTS) is 1. The molecule has 0 aromatic heterocycles. The highest BCUT2D eigenvalue weighted by molar-refractivity contribution is 6.30. The molecule has 0 aliphatic rings. The van der Waals surface area contributed by atoms with Crippen LogP contribution in [-0.4, -0.2) is 18.1 Å². The van der Waals surface area contributed by atoms with Crippen molar-refractivity contribution in [2.75, 3.05) is 17.7 Å². The first-order chi connectivity index (χ1) is 9.91. The third kappa shape index (κ3) is 3.11. The van der Waals surface area contributed by atoms with Gasteiger partial charge in [0.2, 0.25) is 0 Å². The Balaban J connectivity index is 2.38. The van der Waals surface area contributed by atoms with E-state index in [2.05, 4.69) is 0 Å². The lowest BCUT2D eigenvalue weighted by Crippen LogP contribution is -2.23. The van der Waals surface area contributed by atoms with Crippen molar-refractivity contribution in [1.82, 2.24) is 0 Å². The Bertz CT molecular complexity index is 673. The summed E-state index contributed by atoms with van der Waals surface area (Å²) in [7, 11) is 1.88. The summed E-state index contributed by atoms with van der Waals surface area (Å²) in [4.78, 5) is 13.1. The van der Waals surface area contributed by atoms with Gasteiger partial charge in [0, 0.05) is 12.1 Å². The van der Waals surface area contributed by atoms with Crippen LogP contribution in [0.2, 0.25) is 5.02 Å². The molecule has 0 aliphatic carbocycles. The van der Waals surface area contributed by atoms with Crippen LogP contribution in [-0.2, 0) is 0 Å². The fraction of sp³-hybridized carbons (Fsp3) is 0.188. The molecule has 3 N–H and O–H groups in total. The molecule has 2 rings (SSSR count). The van der Waals surface area contributed by atoms with Crippen LogP contribution in [0.3, 0.4) is 0 Å². The molecule has 0 radical (unpaired) electrons. The van der Waals surface area contributed by atoms with E-state index in [1.807, 2.05) is 49.2 Å². The molecule has 0 saturated heterocycles. The molecule has 0 amide bonds. The number of benzene rings is 2. The standard InChI is InChI=1S/C16H17ClN2O2/c1-10(11-5-3-6-12(17)9-11)19(2)14-8-4-7-13(15(14)18)16(20)21/h3-10H,18H2,1-2H3,(H,20,21). The number of para-hydroxylation sites is 1. The maximum absolute atomic E-state index is 11.2. The Labute approximate surface area is 128 Å². The van der Waals surface area contributed by atoms with Crippen molar-refractivity contribution in [3.05, 3.63) is 58.6 Å². The molecule has 1 unspecified atom stereocenters. The van der Waals surface area contributed by atoms with Gasteiger partial charge < -0.3 is 15.7 Å². The third-order valence-corrected chi connectivity index (χ3v) is 3.84. The number of hydrogen-bond acceptors (Lipinski definition) is 3. The molecule has 0 saturated carbocycles. The van der Waals surface area contributed by atoms with E-state index < -0.39 is 5.97 Å². The van der Waals surface area contributed by atoms with Crippen molar-refractivity contribution < 1.29 is 9.90 Å². The Morgan fingerprint density at radius 2 is 1.95 bits per heavy atom. The monoisotopic (exact) mass is 304 g/mol. The minimum atomic E-state index is -1.03. The predicted molar refractivity (Wildman–Crippen MR) is 86.1 cm³/mol. The molecule has 4 nitrogen and oxygen atoms in total. The number of anilines is 2. The van der Waals surface area contributed by atoms with Crippen molar-refractivity contribution in [1.29, 1.82) is 0 Å². The average molecular weight is 305 g/mol. The van der Waals surface area contributed by atoms with Crippen LogP contribution in [0.4, 0.5) is 11.4 Å². The number of nitrogens with two attached hydrogens (primary N) is 1. The van der Waals surface area contributed by atoms with Crippen LogP contribution in [0.1, 0.15) is 28.9 Å². The van der Waals surface area contributed by atoms with E-state index >= 15 is 0 Å². The molecule has 0 spiro atoms. The molecule has 0 fully saturated rings. The zero-order chi connectivity index (χ0) is 15.6. The summed E-state index contributed by atoms with van der Waals surface area (Å²) in [6, 6.07) is 12.6. The van der Waals surface area contributed by atoms with E-state index in [0.717, 1.165) is 5.56 Å². The first kappa shape index (κ1) is 15.2. The topological polar surface area (TPSA) is 66.6 Å². The smallest absolute Gasteiger partial charge is 0.337 e. The van der Waals surface area contributed by atoms with E-state index in [1.165, 1.54) is 6.07 Å². The van der Waals surface area contributed by atoms with E-state index in [1.54, 1.807) is 6.07 Å². The van der Waals surface area contributed by atoms with Crippen LogP contribution < -0.4 is 10.6 Å². The number of rotatable bonds is 4. The van der Waals surface area contributed by atoms with Gasteiger partial charge in [-0.1, -0.05) is 29.8 Å². The number of nitrogen functional groups attached to an aromatic ring is 1. The maximum atomic E-state index is 11.2. The minimum absolute atomic E-state index is 0.00930. The summed E-state index contributed by atoms with van der Waals surface area (Å²) in [6.45, 7) is 2.01. The van der Waals surface area contributed by atoms with Crippen LogP contribution in [0.15, 0.2) is 42.5 Å². The zero-order valence-corrected chi connectivity index (χ0v) is 12.6. The number of hydrogen-bond donors (Lipinski definition) is 2. The van der Waals surface area contributed by atoms with Gasteiger partial charge in [-0.2, -0.15) is 0 Å². The normalized spacial score (nSPS) is 12.0. The number of carboxylic acids is 1. The Kier molecular flexibility index (Phi) is 4.38. The highest BCUT2D eigenvalue weighted by atomic mass is 35.5. The molecule has 21 heavy (non-hydrogen) atoms. The van der Waals surface area contributed by atoms with Crippen molar-refractivity contribution in [3.63, 3.8) is 0 Å². The van der Waals surface area contributed by atoms with Gasteiger partial charge in [-0.15, -0.1) is 0 Å². The highest BCUT2D eigenvalue weighted by Crippen LogP contribution is 2.32. The lowest BCUT2D eigenvalue weighted by molar-refractivity contribution is 0.0698. The second-order valence-electron chi connectivity index (χ2n) is 4.89. The summed E-state index contributed by atoms with van der Waals surface area (Å²) in [6.07, 6.45) is 0. The Morgan fingerprint density at radius 3 is 2.57 bits per heavy atom. The van der Waals surface area contributed by atoms with Crippen LogP contribution in [0.5, 0.6) is 0 Å². The van der Waals surface area contributed by atoms with Gasteiger partial charge in [-0.25, -0.2) is 4.79 Å². The predicted octanol–water partition coefficient (Wildman–Crippen LogP) is 3.82. The SMILES string of the molecule is CC(c1cccc(Cl)c1)N(C)c1cccc(C(=O)O)c1N. The maximum Gasteiger partial charge on any atom is 0.337 e. The van der Waals surface area contributed by atoms with E-state index in [4.69, 9.17) is 22.4 Å². The number of aromatic carboxylic acids is 1. The average Bonchev–Trinajstić information content (AvgIpc) is 2.45. The van der Waals surface area contributed by atoms with Gasteiger partial charge in [0.15, 0.2) is 0 Å². The fourth-order valence-corrected chi connectivity index (χ4v) is 2.44. The first-order valence-electron chi connectivity index (χ1n) is 6.52. The molecule has 0 heterocycles. The minimum Gasteiger partial charge on any atom is -0.478 e. The van der Waals surface area contributed by atoms with E-state index in [-0.39, 0.29) is 17.3 Å². The third-order valence-electron chi connectivity index (χ3n) is 3.61. The molecular weight excluding hydrogens is 288 g/mol. The molecular formula is C16H17ClN2O2. The molecule has 0 bridgehead atoms. The largest absolute Gasteiger partial charge is 0.478 e. The first-order valence-corrected chi connectivity index (χ1v) is 6.89. The molecule has 5 heteroatoms. The van der Waals surface area contributed by atoms with Gasteiger partial charge in [-0.3, -0.25) is 0 Å². The van der Waals surface area contributed by atoms with Crippen LogP contribution >= 0.6 is 11.6 Å². The van der Waals surface area contributed by atoms with Crippen molar-refractivity contribution >= 4 is 28.9 Å². The quantitative estimate of drug-likeness (QED) is 0.843. The Hall–Kier alpha value is -2.20. The molecule has 2 aromatic rings. The fourth-order valence-electron chi connectivity index (χ4n) is 2.25. The van der Waals surface area contributed by atoms with Crippen LogP contribution in [0.25, 0.3) is 0 Å². The summed E-state index contributed by atoms with van der Waals surface area (Å²) >= 11 is 6.02. The molecule has 2 aromatic carbocycles. The number of carbonyl (C=O) groups is 1. The molecule has 110 valence electrons. The molecule has 0 aliphatic heterocycles. The van der Waals surface area contributed by atoms with Crippen LogP contribution in [0, 0.1) is 0 Å². The van der Waals surface area contributed by atoms with E-state index in [9.17, 15) is 4.79 Å². The summed E-state index contributed by atoms with van der Waals surface area (Å²) < 4.78 is 0. The summed E-state index contributed by atoms with van der Waals surface area (Å²) in [5.74, 6) is -1.03. The van der Waals surface area contributed by atoms with E-state index in [0.29, 0.717) is 10.7 Å². The van der Waals surface area contributed by atoms with Crippen molar-refractivity contribution in [2.24, 2.45) is 0 Å². The second-order valence-corrected chi connectivity index (χ2v) is 5.32. The van der Waals surface area contributed by atoms with Gasteiger partial charge in [0.05, 0.1) is 23.0 Å². The van der Waals surface area contributed by atoms with Gasteiger partial charge in [0.25, 0.3) is 0 Å². The summed E-state index contributed by atoms with van der Waals surface area (Å²) in [5.41, 5.74) is 8.07. The summed E-state index contributed by atoms with van der Waals surface area (Å²) in [5, 5.41) is 9.81. The lowest BCUT2D eigenvalue weighted by atomic mass is 10.1. The molecule has 1 atom stereocenters. The lowest BCUT2D eigenvalue weighted by Gasteiger charge is -2.29. The van der Waals surface area contributed by atoms with Gasteiger partial charge in [-0.05, 0) is 36.8 Å². The second kappa shape index (κ2) is 6.06. The van der Waals surface area contributed by atoms with Gasteiger partial charge >= 0.3 is 5.97 Å². The zero-order valence-electron chi connectivity index (χ0n) is 11.9. The van der Waals surface area contributed by atoms with Gasteiger partial charge in [0.1, 0.15) is 0 Å². The Morgan fingerprint density at radius 1 is 1.29 bits per heavy atom. The number of nitrogens with zero attached hydrogens (tertiary/aromatic N) is 1.